The molecule has 0 bridgehead atoms. The molecule has 0 aliphatic carbocycles. The van der Waals surface area contributed by atoms with Crippen LogP contribution in [0, 0.1) is 6.92 Å². The Balaban J connectivity index is 1.77. The molecule has 1 aromatic heterocycles. The quantitative estimate of drug-likeness (QED) is 0.722. The molecule has 27 heavy (non-hydrogen) atoms. The zero-order valence-corrected chi connectivity index (χ0v) is 15.0. The lowest BCUT2D eigenvalue weighted by molar-refractivity contribution is 0.101. The number of aryl methyl sites for hydroxylation is 1. The van der Waals surface area contributed by atoms with Crippen LogP contribution in [0.4, 0.5) is 11.4 Å². The maximum Gasteiger partial charge on any atom is 0.259 e. The first kappa shape index (κ1) is 18.1. The molecule has 0 unspecified atom stereocenters. The van der Waals surface area contributed by atoms with Crippen molar-refractivity contribution in [3.05, 3.63) is 83.7 Å². The Labute approximate surface area is 157 Å². The first-order valence-corrected chi connectivity index (χ1v) is 8.34. The molecule has 0 saturated carbocycles. The number of nitrogens with one attached hydrogen (secondary N) is 2. The van der Waals surface area contributed by atoms with Gasteiger partial charge in [-0.3, -0.25) is 14.6 Å². The van der Waals surface area contributed by atoms with Gasteiger partial charge in [0.15, 0.2) is 0 Å². The number of hydrogen-bond acceptors (Lipinski definition) is 4. The molecule has 3 aromatic rings. The molecular weight excluding hydrogens is 342 g/mol. The molecule has 0 spiro atoms. The normalized spacial score (nSPS) is 10.1. The van der Waals surface area contributed by atoms with Gasteiger partial charge in [0.25, 0.3) is 11.8 Å². The number of carbonyl (C=O) groups is 2. The molecule has 136 valence electrons. The van der Waals surface area contributed by atoms with E-state index in [0.29, 0.717) is 28.3 Å². The fourth-order valence-corrected chi connectivity index (χ4v) is 2.57. The van der Waals surface area contributed by atoms with Crippen LogP contribution in [0.2, 0.25) is 0 Å². The first-order chi connectivity index (χ1) is 13.1. The average Bonchev–Trinajstić information content (AvgIpc) is 2.69. The summed E-state index contributed by atoms with van der Waals surface area (Å²) in [4.78, 5) is 28.9. The highest BCUT2D eigenvalue weighted by Crippen LogP contribution is 2.21. The second kappa shape index (κ2) is 8.14. The molecule has 0 fully saturated rings. The van der Waals surface area contributed by atoms with Gasteiger partial charge >= 0.3 is 0 Å². The van der Waals surface area contributed by atoms with Gasteiger partial charge in [-0.1, -0.05) is 17.7 Å². The van der Waals surface area contributed by atoms with Gasteiger partial charge in [-0.15, -0.1) is 0 Å². The number of hydrogen-bond donors (Lipinski definition) is 2. The summed E-state index contributed by atoms with van der Waals surface area (Å²) in [6, 6.07) is 15.5. The van der Waals surface area contributed by atoms with E-state index in [2.05, 4.69) is 15.6 Å². The summed E-state index contributed by atoms with van der Waals surface area (Å²) < 4.78 is 5.26. The van der Waals surface area contributed by atoms with Crippen LogP contribution in [0.15, 0.2) is 67.0 Å². The number of ether oxygens (including phenoxy) is 1. The summed E-state index contributed by atoms with van der Waals surface area (Å²) in [6.07, 6.45) is 3.20. The predicted octanol–water partition coefficient (Wildman–Crippen LogP) is 3.90. The molecular formula is C21H19N3O3. The number of anilines is 2. The topological polar surface area (TPSA) is 80.3 Å². The van der Waals surface area contributed by atoms with Crippen molar-refractivity contribution in [1.82, 2.24) is 4.98 Å². The third-order valence-corrected chi connectivity index (χ3v) is 3.92. The van der Waals surface area contributed by atoms with Gasteiger partial charge in [0.1, 0.15) is 5.75 Å². The van der Waals surface area contributed by atoms with Gasteiger partial charge in [-0.2, -0.15) is 0 Å². The molecule has 2 amide bonds. The van der Waals surface area contributed by atoms with Crippen LogP contribution in [0.1, 0.15) is 26.3 Å². The number of aromatic nitrogens is 1. The van der Waals surface area contributed by atoms with E-state index in [0.717, 1.165) is 5.56 Å². The number of rotatable bonds is 5. The Morgan fingerprint density at radius 3 is 2.37 bits per heavy atom. The van der Waals surface area contributed by atoms with Crippen molar-refractivity contribution in [3.8, 4) is 5.75 Å². The molecule has 6 nitrogen and oxygen atoms in total. The Bertz CT molecular complexity index is 971. The summed E-state index contributed by atoms with van der Waals surface area (Å²) in [5.74, 6) is -0.0858. The minimum Gasteiger partial charge on any atom is -0.496 e. The second-order valence-electron chi connectivity index (χ2n) is 5.93. The Morgan fingerprint density at radius 1 is 0.889 bits per heavy atom. The summed E-state index contributed by atoms with van der Waals surface area (Å²) in [5, 5.41) is 5.59. The molecule has 0 aliphatic heterocycles. The van der Waals surface area contributed by atoms with Crippen LogP contribution in [0.5, 0.6) is 5.75 Å². The maximum atomic E-state index is 12.6. The lowest BCUT2D eigenvalue weighted by Gasteiger charge is -2.11. The van der Waals surface area contributed by atoms with Crippen molar-refractivity contribution in [2.45, 2.75) is 6.92 Å². The van der Waals surface area contributed by atoms with Gasteiger partial charge in [-0.25, -0.2) is 0 Å². The lowest BCUT2D eigenvalue weighted by atomic mass is 10.1. The number of amides is 2. The minimum absolute atomic E-state index is 0.273. The highest BCUT2D eigenvalue weighted by molar-refractivity contribution is 6.08. The number of nitrogens with zero attached hydrogens (tertiary/aromatic N) is 1. The van der Waals surface area contributed by atoms with Gasteiger partial charge in [0.05, 0.1) is 12.7 Å². The van der Waals surface area contributed by atoms with Crippen molar-refractivity contribution in [2.75, 3.05) is 17.7 Å². The fraction of sp³-hybridized carbons (Fsp3) is 0.0952. The molecule has 0 saturated heterocycles. The average molecular weight is 361 g/mol. The van der Waals surface area contributed by atoms with Crippen molar-refractivity contribution in [1.29, 1.82) is 0 Å². The Hall–Kier alpha value is -3.67. The Kier molecular flexibility index (Phi) is 5.47. The van der Waals surface area contributed by atoms with E-state index in [1.165, 1.54) is 7.11 Å². The van der Waals surface area contributed by atoms with E-state index in [9.17, 15) is 9.59 Å². The van der Waals surface area contributed by atoms with E-state index in [1.54, 1.807) is 60.9 Å². The second-order valence-corrected chi connectivity index (χ2v) is 5.93. The van der Waals surface area contributed by atoms with Gasteiger partial charge in [0, 0.05) is 29.3 Å². The zero-order chi connectivity index (χ0) is 19.2. The monoisotopic (exact) mass is 361 g/mol. The van der Waals surface area contributed by atoms with Crippen LogP contribution in [-0.2, 0) is 0 Å². The minimum atomic E-state index is -0.303. The van der Waals surface area contributed by atoms with Crippen molar-refractivity contribution in [3.63, 3.8) is 0 Å². The third kappa shape index (κ3) is 4.49. The molecule has 1 heterocycles. The molecule has 0 radical (unpaired) electrons. The van der Waals surface area contributed by atoms with Crippen molar-refractivity contribution in [2.24, 2.45) is 0 Å². The van der Waals surface area contributed by atoms with Crippen molar-refractivity contribution < 1.29 is 14.3 Å². The predicted molar refractivity (Wildman–Crippen MR) is 104 cm³/mol. The van der Waals surface area contributed by atoms with Gasteiger partial charge in [0.2, 0.25) is 0 Å². The lowest BCUT2D eigenvalue weighted by Crippen LogP contribution is -2.15. The van der Waals surface area contributed by atoms with E-state index < -0.39 is 0 Å². The van der Waals surface area contributed by atoms with E-state index >= 15 is 0 Å². The smallest absolute Gasteiger partial charge is 0.259 e. The zero-order valence-electron chi connectivity index (χ0n) is 15.0. The van der Waals surface area contributed by atoms with E-state index in [4.69, 9.17) is 4.74 Å². The van der Waals surface area contributed by atoms with Gasteiger partial charge in [-0.05, 0) is 49.4 Å². The van der Waals surface area contributed by atoms with Crippen molar-refractivity contribution >= 4 is 23.2 Å². The van der Waals surface area contributed by atoms with Crippen LogP contribution in [0.25, 0.3) is 0 Å². The largest absolute Gasteiger partial charge is 0.496 e. The van der Waals surface area contributed by atoms with Crippen LogP contribution in [-0.4, -0.2) is 23.9 Å². The molecule has 6 heteroatoms. The van der Waals surface area contributed by atoms with E-state index in [-0.39, 0.29) is 11.8 Å². The molecule has 2 N–H and O–H groups in total. The molecule has 0 atom stereocenters. The number of pyridine rings is 1. The van der Waals surface area contributed by atoms with E-state index in [1.807, 2.05) is 13.0 Å². The number of carbonyl (C=O) groups excluding carboxylic acids is 2. The SMILES string of the molecule is COc1ccc(C)cc1C(=O)Nc1cccc(C(=O)Nc2ccncc2)c1. The highest BCUT2D eigenvalue weighted by Gasteiger charge is 2.14. The summed E-state index contributed by atoms with van der Waals surface area (Å²) >= 11 is 0. The van der Waals surface area contributed by atoms with Crippen LogP contribution >= 0.6 is 0 Å². The van der Waals surface area contributed by atoms with Crippen LogP contribution < -0.4 is 15.4 Å². The number of benzene rings is 2. The van der Waals surface area contributed by atoms with Crippen LogP contribution in [0.3, 0.4) is 0 Å². The molecule has 0 aliphatic rings. The summed E-state index contributed by atoms with van der Waals surface area (Å²) in [6.45, 7) is 1.90. The molecule has 2 aromatic carbocycles. The summed E-state index contributed by atoms with van der Waals surface area (Å²) in [7, 11) is 1.52. The number of methoxy groups -OCH3 is 1. The third-order valence-electron chi connectivity index (χ3n) is 3.92. The maximum absolute atomic E-state index is 12.6. The van der Waals surface area contributed by atoms with Gasteiger partial charge < -0.3 is 15.4 Å². The molecule has 3 rings (SSSR count). The highest BCUT2D eigenvalue weighted by atomic mass is 16.5. The Morgan fingerprint density at radius 2 is 1.63 bits per heavy atom. The standard InChI is InChI=1S/C21H19N3O3/c1-14-6-7-19(27-2)18(12-14)21(26)24-17-5-3-4-15(13-17)20(25)23-16-8-10-22-11-9-16/h3-13H,1-2H3,(H,24,26)(H,22,23,25). The fourth-order valence-electron chi connectivity index (χ4n) is 2.57. The summed E-state index contributed by atoms with van der Waals surface area (Å²) in [5.41, 5.74) is 2.98. The first-order valence-electron chi connectivity index (χ1n) is 8.34.